The minimum Gasteiger partial charge on any atom is -0.454 e. The molecule has 0 spiro atoms. The number of ether oxygens (including phenoxy) is 2. The van der Waals surface area contributed by atoms with Crippen LogP contribution in [0.5, 0.6) is 11.5 Å². The molecule has 1 aliphatic heterocycles. The summed E-state index contributed by atoms with van der Waals surface area (Å²) >= 11 is 7.79. The van der Waals surface area contributed by atoms with Gasteiger partial charge in [-0.15, -0.1) is 0 Å². The molecule has 1 N–H and O–H groups in total. The smallest absolute Gasteiger partial charge is 0.231 e. The number of H-pyrrole nitrogens is 1. The van der Waals surface area contributed by atoms with E-state index in [1.165, 1.54) is 5.56 Å². The van der Waals surface area contributed by atoms with Crippen molar-refractivity contribution in [3.63, 3.8) is 0 Å². The van der Waals surface area contributed by atoms with E-state index in [1.807, 2.05) is 44.4 Å². The monoisotopic (exact) mass is 361 g/mol. The SMILES string of the molecule is CN(C)c1ccc(Cl)cc1CSc1nc2cc3c(cc2[nH]1)OCO3. The second-order valence-corrected chi connectivity index (χ2v) is 7.12. The molecule has 2 aromatic carbocycles. The number of rotatable bonds is 4. The van der Waals surface area contributed by atoms with Gasteiger partial charge in [0, 0.05) is 42.7 Å². The number of nitrogens with zero attached hydrogens (tertiary/aromatic N) is 2. The van der Waals surface area contributed by atoms with E-state index in [0.717, 1.165) is 44.2 Å². The molecule has 0 unspecified atom stereocenters. The third-order valence-corrected chi connectivity index (χ3v) is 5.00. The molecule has 0 amide bonds. The Bertz CT molecular complexity index is 869. The van der Waals surface area contributed by atoms with E-state index >= 15 is 0 Å². The Balaban J connectivity index is 1.58. The van der Waals surface area contributed by atoms with Gasteiger partial charge in [0.05, 0.1) is 11.0 Å². The Kier molecular flexibility index (Phi) is 3.94. The maximum Gasteiger partial charge on any atom is 0.231 e. The van der Waals surface area contributed by atoms with Crippen LogP contribution in [0.4, 0.5) is 5.69 Å². The first-order valence-corrected chi connectivity index (χ1v) is 8.84. The van der Waals surface area contributed by atoms with Crippen LogP contribution in [0, 0.1) is 0 Å². The number of thioether (sulfide) groups is 1. The fourth-order valence-electron chi connectivity index (χ4n) is 2.70. The van der Waals surface area contributed by atoms with E-state index in [1.54, 1.807) is 11.8 Å². The highest BCUT2D eigenvalue weighted by Crippen LogP contribution is 2.36. The van der Waals surface area contributed by atoms with Gasteiger partial charge in [0.1, 0.15) is 0 Å². The fraction of sp³-hybridized carbons (Fsp3) is 0.235. The number of fused-ring (bicyclic) bond motifs is 2. The van der Waals surface area contributed by atoms with E-state index in [2.05, 4.69) is 14.9 Å². The molecule has 0 radical (unpaired) electrons. The Morgan fingerprint density at radius 3 is 2.79 bits per heavy atom. The van der Waals surface area contributed by atoms with E-state index in [4.69, 9.17) is 21.1 Å². The summed E-state index contributed by atoms with van der Waals surface area (Å²) in [6.45, 7) is 0.269. The van der Waals surface area contributed by atoms with Gasteiger partial charge in [0.15, 0.2) is 16.7 Å². The number of nitrogens with one attached hydrogen (secondary N) is 1. The summed E-state index contributed by atoms with van der Waals surface area (Å²) in [5.74, 6) is 2.28. The molecule has 4 rings (SSSR count). The lowest BCUT2D eigenvalue weighted by Crippen LogP contribution is -2.10. The Morgan fingerprint density at radius 1 is 1.21 bits per heavy atom. The van der Waals surface area contributed by atoms with Gasteiger partial charge in [-0.1, -0.05) is 23.4 Å². The van der Waals surface area contributed by atoms with Gasteiger partial charge in [-0.05, 0) is 23.8 Å². The minimum atomic E-state index is 0.269. The number of hydrogen-bond donors (Lipinski definition) is 1. The predicted octanol–water partition coefficient (Wildman–Crippen LogP) is 4.30. The number of aromatic amines is 1. The molecule has 2 heterocycles. The highest BCUT2D eigenvalue weighted by atomic mass is 35.5. The highest BCUT2D eigenvalue weighted by molar-refractivity contribution is 7.98. The van der Waals surface area contributed by atoms with Crippen LogP contribution in [0.25, 0.3) is 11.0 Å². The molecule has 1 aliphatic rings. The van der Waals surface area contributed by atoms with Crippen molar-refractivity contribution in [2.24, 2.45) is 0 Å². The van der Waals surface area contributed by atoms with Gasteiger partial charge >= 0.3 is 0 Å². The van der Waals surface area contributed by atoms with Crippen LogP contribution < -0.4 is 14.4 Å². The average Bonchev–Trinajstić information content (AvgIpc) is 3.15. The summed E-state index contributed by atoms with van der Waals surface area (Å²) in [6.07, 6.45) is 0. The quantitative estimate of drug-likeness (QED) is 0.702. The van der Waals surface area contributed by atoms with Crippen LogP contribution in [0.2, 0.25) is 5.02 Å². The van der Waals surface area contributed by atoms with Gasteiger partial charge in [-0.25, -0.2) is 4.98 Å². The molecule has 0 bridgehead atoms. The van der Waals surface area contributed by atoms with Crippen molar-refractivity contribution >= 4 is 40.1 Å². The molecule has 124 valence electrons. The van der Waals surface area contributed by atoms with Crippen molar-refractivity contribution < 1.29 is 9.47 Å². The van der Waals surface area contributed by atoms with E-state index in [0.29, 0.717) is 0 Å². The number of halogens is 1. The number of benzene rings is 2. The van der Waals surface area contributed by atoms with E-state index in [9.17, 15) is 0 Å². The van der Waals surface area contributed by atoms with E-state index < -0.39 is 0 Å². The molecular formula is C17H16ClN3O2S. The summed E-state index contributed by atoms with van der Waals surface area (Å²) in [5.41, 5.74) is 4.15. The molecule has 0 atom stereocenters. The number of hydrogen-bond acceptors (Lipinski definition) is 5. The van der Waals surface area contributed by atoms with Crippen LogP contribution in [-0.4, -0.2) is 30.9 Å². The molecular weight excluding hydrogens is 346 g/mol. The fourth-order valence-corrected chi connectivity index (χ4v) is 3.76. The lowest BCUT2D eigenvalue weighted by Gasteiger charge is -2.17. The van der Waals surface area contributed by atoms with Crippen molar-refractivity contribution in [1.29, 1.82) is 0 Å². The summed E-state index contributed by atoms with van der Waals surface area (Å²) in [5, 5.41) is 1.60. The lowest BCUT2D eigenvalue weighted by molar-refractivity contribution is 0.174. The number of anilines is 1. The first-order valence-electron chi connectivity index (χ1n) is 7.48. The minimum absolute atomic E-state index is 0.269. The summed E-state index contributed by atoms with van der Waals surface area (Å²) in [6, 6.07) is 9.79. The van der Waals surface area contributed by atoms with Crippen LogP contribution in [-0.2, 0) is 5.75 Å². The summed E-state index contributed by atoms with van der Waals surface area (Å²) in [7, 11) is 4.06. The first kappa shape index (κ1) is 15.5. The zero-order valence-electron chi connectivity index (χ0n) is 13.3. The number of aromatic nitrogens is 2. The largest absolute Gasteiger partial charge is 0.454 e. The van der Waals surface area contributed by atoms with Gasteiger partial charge in [0.2, 0.25) is 6.79 Å². The summed E-state index contributed by atoms with van der Waals surface area (Å²) < 4.78 is 10.8. The molecule has 5 nitrogen and oxygen atoms in total. The summed E-state index contributed by atoms with van der Waals surface area (Å²) in [4.78, 5) is 10.0. The second kappa shape index (κ2) is 6.11. The van der Waals surface area contributed by atoms with Crippen molar-refractivity contribution in [3.05, 3.63) is 40.9 Å². The third kappa shape index (κ3) is 2.87. The standard InChI is InChI=1S/C17H16ClN3O2S/c1-21(2)14-4-3-11(18)5-10(14)8-24-17-19-12-6-15-16(23-9-22-15)7-13(12)20-17/h3-7H,8-9H2,1-2H3,(H,19,20). The van der Waals surface area contributed by atoms with Crippen LogP contribution in [0.15, 0.2) is 35.5 Å². The van der Waals surface area contributed by atoms with Gasteiger partial charge < -0.3 is 19.4 Å². The zero-order valence-corrected chi connectivity index (χ0v) is 14.9. The van der Waals surface area contributed by atoms with Gasteiger partial charge in [-0.2, -0.15) is 0 Å². The molecule has 7 heteroatoms. The molecule has 3 aromatic rings. The van der Waals surface area contributed by atoms with Crippen LogP contribution in [0.3, 0.4) is 0 Å². The molecule has 0 fully saturated rings. The molecule has 24 heavy (non-hydrogen) atoms. The molecule has 0 aliphatic carbocycles. The maximum atomic E-state index is 6.15. The van der Waals surface area contributed by atoms with Gasteiger partial charge in [0.25, 0.3) is 0 Å². The normalized spacial score (nSPS) is 12.8. The Hall–Kier alpha value is -2.05. The average molecular weight is 362 g/mol. The van der Waals surface area contributed by atoms with Crippen molar-refractivity contribution in [2.45, 2.75) is 10.9 Å². The van der Waals surface area contributed by atoms with Crippen molar-refractivity contribution in [3.8, 4) is 11.5 Å². The highest BCUT2D eigenvalue weighted by Gasteiger charge is 2.16. The Labute approximate surface area is 148 Å². The van der Waals surface area contributed by atoms with Gasteiger partial charge in [-0.3, -0.25) is 0 Å². The second-order valence-electron chi connectivity index (χ2n) is 5.72. The predicted molar refractivity (Wildman–Crippen MR) is 97.6 cm³/mol. The number of imidazole rings is 1. The first-order chi connectivity index (χ1) is 11.6. The molecule has 0 saturated heterocycles. The van der Waals surface area contributed by atoms with E-state index in [-0.39, 0.29) is 6.79 Å². The van der Waals surface area contributed by atoms with Crippen LogP contribution in [0.1, 0.15) is 5.56 Å². The topological polar surface area (TPSA) is 50.4 Å². The van der Waals surface area contributed by atoms with Crippen molar-refractivity contribution in [1.82, 2.24) is 9.97 Å². The van der Waals surface area contributed by atoms with Crippen molar-refractivity contribution in [2.75, 3.05) is 25.8 Å². The van der Waals surface area contributed by atoms with Crippen LogP contribution >= 0.6 is 23.4 Å². The zero-order chi connectivity index (χ0) is 16.7. The molecule has 1 aromatic heterocycles. The molecule has 0 saturated carbocycles. The third-order valence-electron chi connectivity index (χ3n) is 3.84. The maximum absolute atomic E-state index is 6.15. The Morgan fingerprint density at radius 2 is 2.00 bits per heavy atom. The lowest BCUT2D eigenvalue weighted by atomic mass is 10.2.